The molecule has 0 bridgehead atoms. The lowest BCUT2D eigenvalue weighted by Crippen LogP contribution is -2.10. The van der Waals surface area contributed by atoms with Crippen molar-refractivity contribution in [2.24, 2.45) is 5.73 Å². The molecular formula is C10H10NO. The molecule has 0 aliphatic heterocycles. The number of amides is 1. The van der Waals surface area contributed by atoms with Crippen LogP contribution in [0.25, 0.3) is 6.08 Å². The second kappa shape index (κ2) is 3.72. The third kappa shape index (κ3) is 1.95. The highest BCUT2D eigenvalue weighted by Crippen LogP contribution is 2.05. The van der Waals surface area contributed by atoms with Crippen molar-refractivity contribution in [3.63, 3.8) is 0 Å². The van der Waals surface area contributed by atoms with Crippen LogP contribution in [-0.4, -0.2) is 5.91 Å². The molecule has 0 heterocycles. The summed E-state index contributed by atoms with van der Waals surface area (Å²) >= 11 is 0. The van der Waals surface area contributed by atoms with E-state index in [9.17, 15) is 4.79 Å². The summed E-state index contributed by atoms with van der Waals surface area (Å²) in [7, 11) is 0. The zero-order valence-corrected chi connectivity index (χ0v) is 6.87. The number of carbonyl (C=O) groups excluding carboxylic acids is 1. The maximum Gasteiger partial charge on any atom is 0.248 e. The number of hydrogen-bond donors (Lipinski definition) is 1. The van der Waals surface area contributed by atoms with E-state index < -0.39 is 5.91 Å². The molecule has 0 saturated heterocycles. The molecule has 0 atom stereocenters. The molecule has 0 spiro atoms. The number of carbonyl (C=O) groups is 1. The Morgan fingerprint density at radius 1 is 1.58 bits per heavy atom. The Bertz CT molecular complexity index is 315. The minimum atomic E-state index is -0.419. The van der Waals surface area contributed by atoms with E-state index in [1.165, 1.54) is 0 Å². The summed E-state index contributed by atoms with van der Waals surface area (Å²) in [4.78, 5) is 10.7. The average Bonchev–Trinajstić information content (AvgIpc) is 2.05. The molecule has 2 nitrogen and oxygen atoms in total. The fourth-order valence-corrected chi connectivity index (χ4v) is 0.921. The zero-order chi connectivity index (χ0) is 8.97. The number of nitrogens with two attached hydrogens (primary N) is 1. The summed E-state index contributed by atoms with van der Waals surface area (Å²) in [6, 6.07) is 7.96. The minimum absolute atomic E-state index is 0.419. The summed E-state index contributed by atoms with van der Waals surface area (Å²) in [5.74, 6) is -0.419. The van der Waals surface area contributed by atoms with Gasteiger partial charge in [-0.3, -0.25) is 4.79 Å². The van der Waals surface area contributed by atoms with Crippen molar-refractivity contribution in [3.8, 4) is 0 Å². The van der Waals surface area contributed by atoms with Gasteiger partial charge in [-0.05, 0) is 36.8 Å². The van der Waals surface area contributed by atoms with Crippen molar-refractivity contribution in [3.05, 3.63) is 41.5 Å². The van der Waals surface area contributed by atoms with E-state index in [2.05, 4.69) is 6.07 Å². The smallest absolute Gasteiger partial charge is 0.248 e. The number of rotatable bonds is 2. The lowest BCUT2D eigenvalue weighted by Gasteiger charge is -1.95. The molecule has 1 aromatic rings. The van der Waals surface area contributed by atoms with Crippen LogP contribution in [0, 0.1) is 6.07 Å². The molecule has 0 unspecified atom stereocenters. The molecule has 0 fully saturated rings. The Hall–Kier alpha value is -1.57. The summed E-state index contributed by atoms with van der Waals surface area (Å²) in [5, 5.41) is 0. The Morgan fingerprint density at radius 2 is 2.33 bits per heavy atom. The summed E-state index contributed by atoms with van der Waals surface area (Å²) in [6.45, 7) is 1.91. The van der Waals surface area contributed by atoms with Crippen LogP contribution in [-0.2, 0) is 0 Å². The Balaban J connectivity index is 3.03. The maximum absolute atomic E-state index is 10.7. The van der Waals surface area contributed by atoms with Gasteiger partial charge in [0.1, 0.15) is 0 Å². The number of hydrogen-bond acceptors (Lipinski definition) is 1. The standard InChI is InChI=1S/C10H10NO/c1-2-4-8-5-3-6-9(7-8)10(11)12/h2,4-7H,1H3,(H2,11,12)/b4-2+. The van der Waals surface area contributed by atoms with Gasteiger partial charge in [0.15, 0.2) is 0 Å². The van der Waals surface area contributed by atoms with Crippen LogP contribution in [0.1, 0.15) is 22.8 Å². The Labute approximate surface area is 71.7 Å². The van der Waals surface area contributed by atoms with E-state index in [1.807, 2.05) is 19.1 Å². The molecule has 0 aromatic heterocycles. The molecule has 61 valence electrons. The van der Waals surface area contributed by atoms with Crippen LogP contribution >= 0.6 is 0 Å². The van der Waals surface area contributed by atoms with E-state index in [4.69, 9.17) is 5.73 Å². The molecule has 2 N–H and O–H groups in total. The van der Waals surface area contributed by atoms with Crippen LogP contribution in [0.2, 0.25) is 0 Å². The van der Waals surface area contributed by atoms with Gasteiger partial charge < -0.3 is 5.73 Å². The fourth-order valence-electron chi connectivity index (χ4n) is 0.921. The van der Waals surface area contributed by atoms with Gasteiger partial charge in [0.25, 0.3) is 0 Å². The van der Waals surface area contributed by atoms with Crippen molar-refractivity contribution in [2.75, 3.05) is 0 Å². The first-order chi connectivity index (χ1) is 5.74. The van der Waals surface area contributed by atoms with Gasteiger partial charge in [-0.2, -0.15) is 0 Å². The van der Waals surface area contributed by atoms with Gasteiger partial charge in [-0.1, -0.05) is 12.2 Å². The van der Waals surface area contributed by atoms with Crippen LogP contribution < -0.4 is 5.73 Å². The molecule has 1 aromatic carbocycles. The first kappa shape index (κ1) is 8.53. The second-order valence-electron chi connectivity index (χ2n) is 2.42. The minimum Gasteiger partial charge on any atom is -0.366 e. The van der Waals surface area contributed by atoms with Gasteiger partial charge in [-0.25, -0.2) is 0 Å². The molecule has 1 radical (unpaired) electrons. The molecule has 0 aliphatic carbocycles. The Kier molecular flexibility index (Phi) is 2.64. The van der Waals surface area contributed by atoms with Crippen molar-refractivity contribution in [1.82, 2.24) is 0 Å². The van der Waals surface area contributed by atoms with Crippen LogP contribution in [0.4, 0.5) is 0 Å². The van der Waals surface area contributed by atoms with Gasteiger partial charge in [0.05, 0.1) is 0 Å². The first-order valence-corrected chi connectivity index (χ1v) is 3.67. The normalized spacial score (nSPS) is 10.4. The van der Waals surface area contributed by atoms with Crippen molar-refractivity contribution >= 4 is 12.0 Å². The highest BCUT2D eigenvalue weighted by atomic mass is 16.1. The second-order valence-corrected chi connectivity index (χ2v) is 2.42. The molecule has 1 rings (SSSR count). The van der Waals surface area contributed by atoms with Crippen LogP contribution in [0.3, 0.4) is 0 Å². The molecule has 0 saturated carbocycles. The van der Waals surface area contributed by atoms with Crippen molar-refractivity contribution in [1.29, 1.82) is 0 Å². The molecular weight excluding hydrogens is 150 g/mol. The topological polar surface area (TPSA) is 43.1 Å². The van der Waals surface area contributed by atoms with E-state index in [0.29, 0.717) is 5.56 Å². The summed E-state index contributed by atoms with van der Waals surface area (Å²) < 4.78 is 0. The average molecular weight is 160 g/mol. The quantitative estimate of drug-likeness (QED) is 0.701. The predicted octanol–water partition coefficient (Wildman–Crippen LogP) is 1.62. The molecule has 12 heavy (non-hydrogen) atoms. The van der Waals surface area contributed by atoms with Gasteiger partial charge >= 0.3 is 0 Å². The van der Waals surface area contributed by atoms with Crippen LogP contribution in [0.15, 0.2) is 24.3 Å². The SMILES string of the molecule is C/C=C/c1c[c]cc(C(N)=O)c1. The lowest BCUT2D eigenvalue weighted by molar-refractivity contribution is 0.100. The number of allylic oxidation sites excluding steroid dienone is 1. The van der Waals surface area contributed by atoms with Gasteiger partial charge in [-0.15, -0.1) is 0 Å². The van der Waals surface area contributed by atoms with Gasteiger partial charge in [0.2, 0.25) is 5.91 Å². The van der Waals surface area contributed by atoms with E-state index >= 15 is 0 Å². The predicted molar refractivity (Wildman–Crippen MR) is 48.5 cm³/mol. The molecule has 0 aliphatic rings. The highest BCUT2D eigenvalue weighted by molar-refractivity contribution is 5.93. The largest absolute Gasteiger partial charge is 0.366 e. The summed E-state index contributed by atoms with van der Waals surface area (Å²) in [5.41, 5.74) is 6.53. The number of primary amides is 1. The zero-order valence-electron chi connectivity index (χ0n) is 6.87. The highest BCUT2D eigenvalue weighted by Gasteiger charge is 1.98. The van der Waals surface area contributed by atoms with Crippen molar-refractivity contribution < 1.29 is 4.79 Å². The lowest BCUT2D eigenvalue weighted by atomic mass is 10.1. The van der Waals surface area contributed by atoms with Crippen molar-refractivity contribution in [2.45, 2.75) is 6.92 Å². The van der Waals surface area contributed by atoms with E-state index in [-0.39, 0.29) is 0 Å². The molecule has 1 amide bonds. The third-order valence-corrected chi connectivity index (χ3v) is 1.45. The third-order valence-electron chi connectivity index (χ3n) is 1.45. The molecule has 2 heteroatoms. The van der Waals surface area contributed by atoms with Crippen LogP contribution in [0.5, 0.6) is 0 Å². The number of benzene rings is 1. The van der Waals surface area contributed by atoms with Gasteiger partial charge in [0, 0.05) is 5.56 Å². The van der Waals surface area contributed by atoms with E-state index in [1.54, 1.807) is 18.2 Å². The first-order valence-electron chi connectivity index (χ1n) is 3.67. The Morgan fingerprint density at radius 3 is 2.92 bits per heavy atom. The summed E-state index contributed by atoms with van der Waals surface area (Å²) in [6.07, 6.45) is 3.79. The maximum atomic E-state index is 10.7. The van der Waals surface area contributed by atoms with E-state index in [0.717, 1.165) is 5.56 Å². The fraction of sp³-hybridized carbons (Fsp3) is 0.100. The monoisotopic (exact) mass is 160 g/mol.